The average molecular weight is 596 g/mol. The van der Waals surface area contributed by atoms with E-state index in [1.807, 2.05) is 24.3 Å². The molecule has 12 heteroatoms. The summed E-state index contributed by atoms with van der Waals surface area (Å²) in [6.07, 6.45) is 1.82. The summed E-state index contributed by atoms with van der Waals surface area (Å²) in [5.74, 6) is -3.13. The molecule has 1 aliphatic rings. The number of primary amides is 1. The predicted molar refractivity (Wildman–Crippen MR) is 155 cm³/mol. The van der Waals surface area contributed by atoms with Crippen LogP contribution in [0.15, 0.2) is 79.0 Å². The molecule has 7 rings (SSSR count). The number of nitrogens with two attached hydrogens (primary N) is 1. The monoisotopic (exact) mass is 595 g/mol. The highest BCUT2D eigenvalue weighted by Crippen LogP contribution is 2.59. The fourth-order valence-electron chi connectivity index (χ4n) is 6.08. The first-order valence-corrected chi connectivity index (χ1v) is 13.8. The first-order valence-electron chi connectivity index (χ1n) is 13.8. The van der Waals surface area contributed by atoms with Crippen molar-refractivity contribution in [3.63, 3.8) is 0 Å². The number of hydrogen-bond acceptors (Lipinski definition) is 5. The van der Waals surface area contributed by atoms with E-state index in [4.69, 9.17) is 5.73 Å². The molecular formula is C32H24F3N7O2. The summed E-state index contributed by atoms with van der Waals surface area (Å²) < 4.78 is 46.5. The van der Waals surface area contributed by atoms with Crippen LogP contribution >= 0.6 is 0 Å². The Hall–Kier alpha value is -5.52. The quantitative estimate of drug-likeness (QED) is 0.276. The van der Waals surface area contributed by atoms with Crippen LogP contribution in [0.1, 0.15) is 39.8 Å². The van der Waals surface area contributed by atoms with Gasteiger partial charge in [0.25, 0.3) is 5.91 Å². The number of fused-ring (bicyclic) bond motifs is 3. The normalized spacial score (nSPS) is 17.7. The van der Waals surface area contributed by atoms with Crippen LogP contribution in [0.25, 0.3) is 27.9 Å². The second-order valence-corrected chi connectivity index (χ2v) is 10.9. The zero-order valence-corrected chi connectivity index (χ0v) is 23.3. The van der Waals surface area contributed by atoms with Gasteiger partial charge in [-0.1, -0.05) is 24.3 Å². The standard InChI is InChI=1S/C32H24F3N7O2/c1-17-38-31-41(26-6-2-3-7-27(26)42(31)40-17)16-28(43)39-32(15-24(32)19-11-20(33)14-21(34)12-19)29-22(5-4-10-37-29)18-8-9-25(35)23(13-18)30(36)44/h2-14,24H,15-16H2,1H3,(H2,36,44)(H,39,43). The zero-order valence-electron chi connectivity index (χ0n) is 23.3. The van der Waals surface area contributed by atoms with E-state index in [0.717, 1.165) is 23.2 Å². The Labute approximate surface area is 248 Å². The predicted octanol–water partition coefficient (Wildman–Crippen LogP) is 4.77. The maximum Gasteiger partial charge on any atom is 0.251 e. The van der Waals surface area contributed by atoms with E-state index >= 15 is 0 Å². The van der Waals surface area contributed by atoms with Crippen molar-refractivity contribution in [2.45, 2.75) is 31.3 Å². The van der Waals surface area contributed by atoms with Crippen molar-refractivity contribution in [2.24, 2.45) is 5.73 Å². The number of para-hydroxylation sites is 2. The van der Waals surface area contributed by atoms with Gasteiger partial charge in [-0.2, -0.15) is 9.50 Å². The minimum Gasteiger partial charge on any atom is -0.366 e. The van der Waals surface area contributed by atoms with E-state index < -0.39 is 40.7 Å². The summed E-state index contributed by atoms with van der Waals surface area (Å²) in [4.78, 5) is 34.9. The molecular weight excluding hydrogens is 571 g/mol. The number of aromatic nitrogens is 5. The second kappa shape index (κ2) is 10.0. The van der Waals surface area contributed by atoms with Gasteiger partial charge >= 0.3 is 0 Å². The number of hydrogen-bond donors (Lipinski definition) is 2. The summed E-state index contributed by atoms with van der Waals surface area (Å²) in [5.41, 5.74) is 7.11. The van der Waals surface area contributed by atoms with E-state index in [9.17, 15) is 22.8 Å². The highest BCUT2D eigenvalue weighted by molar-refractivity contribution is 5.94. The van der Waals surface area contributed by atoms with Gasteiger partial charge < -0.3 is 11.1 Å². The van der Waals surface area contributed by atoms with Crippen molar-refractivity contribution in [1.29, 1.82) is 0 Å². The zero-order chi connectivity index (χ0) is 30.7. The SMILES string of the molecule is Cc1nc2n(CC(=O)NC3(c4ncccc4-c4ccc(F)c(C(N)=O)c4)CC3c3cc(F)cc(F)c3)c3ccccc3n2n1. The van der Waals surface area contributed by atoms with Crippen LogP contribution in [0.5, 0.6) is 0 Å². The molecule has 0 aliphatic heterocycles. The van der Waals surface area contributed by atoms with Crippen molar-refractivity contribution in [3.05, 3.63) is 119 Å². The van der Waals surface area contributed by atoms with Gasteiger partial charge in [-0.15, -0.1) is 5.10 Å². The summed E-state index contributed by atoms with van der Waals surface area (Å²) in [6, 6.07) is 18.0. The van der Waals surface area contributed by atoms with Gasteiger partial charge in [0.15, 0.2) is 0 Å². The molecule has 6 aromatic rings. The Morgan fingerprint density at radius 3 is 2.50 bits per heavy atom. The molecule has 220 valence electrons. The van der Waals surface area contributed by atoms with Crippen LogP contribution < -0.4 is 11.1 Å². The van der Waals surface area contributed by atoms with Gasteiger partial charge in [0.2, 0.25) is 11.7 Å². The van der Waals surface area contributed by atoms with Gasteiger partial charge in [-0.3, -0.25) is 19.1 Å². The molecule has 2 unspecified atom stereocenters. The summed E-state index contributed by atoms with van der Waals surface area (Å²) in [6.45, 7) is 1.63. The lowest BCUT2D eigenvalue weighted by Gasteiger charge is -2.23. The average Bonchev–Trinajstić information content (AvgIpc) is 3.48. The maximum atomic E-state index is 14.4. The molecule has 0 spiro atoms. The molecule has 1 fully saturated rings. The van der Waals surface area contributed by atoms with Gasteiger partial charge in [-0.05, 0) is 66.9 Å². The van der Waals surface area contributed by atoms with E-state index in [0.29, 0.717) is 34.0 Å². The largest absolute Gasteiger partial charge is 0.366 e. The first-order chi connectivity index (χ1) is 21.1. The number of imidazole rings is 1. The fraction of sp³-hybridized carbons (Fsp3) is 0.156. The Morgan fingerprint density at radius 1 is 1.00 bits per heavy atom. The van der Waals surface area contributed by atoms with Gasteiger partial charge in [0.1, 0.15) is 29.8 Å². The summed E-state index contributed by atoms with van der Waals surface area (Å²) >= 11 is 0. The summed E-state index contributed by atoms with van der Waals surface area (Å²) in [5, 5.41) is 7.57. The lowest BCUT2D eigenvalue weighted by molar-refractivity contribution is -0.122. The van der Waals surface area contributed by atoms with Crippen LogP contribution in [-0.4, -0.2) is 36.0 Å². The minimum atomic E-state index is -1.18. The van der Waals surface area contributed by atoms with Crippen LogP contribution in [0.3, 0.4) is 0 Å². The number of nitrogens with zero attached hydrogens (tertiary/aromatic N) is 5. The smallest absolute Gasteiger partial charge is 0.251 e. The van der Waals surface area contributed by atoms with E-state index in [2.05, 4.69) is 20.4 Å². The van der Waals surface area contributed by atoms with Crippen LogP contribution in [0, 0.1) is 24.4 Å². The van der Waals surface area contributed by atoms with Crippen molar-refractivity contribution < 1.29 is 22.8 Å². The highest BCUT2D eigenvalue weighted by atomic mass is 19.1. The molecule has 0 saturated heterocycles. The maximum absolute atomic E-state index is 14.4. The lowest BCUT2D eigenvalue weighted by atomic mass is 9.94. The molecule has 3 aromatic heterocycles. The van der Waals surface area contributed by atoms with Crippen molar-refractivity contribution in [1.82, 2.24) is 29.5 Å². The van der Waals surface area contributed by atoms with Crippen molar-refractivity contribution in [2.75, 3.05) is 0 Å². The van der Waals surface area contributed by atoms with Gasteiger partial charge in [-0.25, -0.2) is 13.2 Å². The Morgan fingerprint density at radius 2 is 1.75 bits per heavy atom. The molecule has 3 aromatic carbocycles. The van der Waals surface area contributed by atoms with E-state index in [1.54, 1.807) is 28.1 Å². The van der Waals surface area contributed by atoms with Crippen molar-refractivity contribution in [3.8, 4) is 11.1 Å². The van der Waals surface area contributed by atoms with Crippen LogP contribution in [-0.2, 0) is 16.9 Å². The number of halogens is 3. The van der Waals surface area contributed by atoms with Gasteiger partial charge in [0.05, 0.1) is 27.8 Å². The third-order valence-corrected chi connectivity index (χ3v) is 8.02. The Balaban J connectivity index is 1.33. The van der Waals surface area contributed by atoms with Crippen LogP contribution in [0.4, 0.5) is 13.2 Å². The Kier molecular flexibility index (Phi) is 6.23. The third kappa shape index (κ3) is 4.46. The molecule has 2 atom stereocenters. The third-order valence-electron chi connectivity index (χ3n) is 8.02. The van der Waals surface area contributed by atoms with Crippen molar-refractivity contribution >= 4 is 28.6 Å². The molecule has 1 aliphatic carbocycles. The fourth-order valence-corrected chi connectivity index (χ4v) is 6.08. The number of amides is 2. The second-order valence-electron chi connectivity index (χ2n) is 10.9. The number of carbonyl (C=O) groups is 2. The molecule has 9 nitrogen and oxygen atoms in total. The van der Waals surface area contributed by atoms with Crippen LogP contribution in [0.2, 0.25) is 0 Å². The lowest BCUT2D eigenvalue weighted by Crippen LogP contribution is -2.39. The Bertz CT molecular complexity index is 2120. The number of rotatable bonds is 7. The molecule has 3 heterocycles. The minimum absolute atomic E-state index is 0.133. The molecule has 2 amide bonds. The number of aryl methyl sites for hydroxylation is 1. The van der Waals surface area contributed by atoms with E-state index in [1.165, 1.54) is 30.5 Å². The molecule has 3 N–H and O–H groups in total. The summed E-state index contributed by atoms with van der Waals surface area (Å²) in [7, 11) is 0. The molecule has 1 saturated carbocycles. The number of carbonyl (C=O) groups excluding carboxylic acids is 2. The number of pyridine rings is 1. The van der Waals surface area contributed by atoms with E-state index in [-0.39, 0.29) is 18.5 Å². The molecule has 44 heavy (non-hydrogen) atoms. The highest BCUT2D eigenvalue weighted by Gasteiger charge is 2.59. The molecule has 0 bridgehead atoms. The van der Waals surface area contributed by atoms with Gasteiger partial charge in [0, 0.05) is 23.7 Å². The number of nitrogens with one attached hydrogen (secondary N) is 1. The topological polar surface area (TPSA) is 120 Å². The number of benzene rings is 3. The molecule has 0 radical (unpaired) electrons. The first kappa shape index (κ1) is 27.3.